The third kappa shape index (κ3) is 2.95. The molecule has 0 fully saturated rings. The van der Waals surface area contributed by atoms with Gasteiger partial charge in [-0.15, -0.1) is 0 Å². The lowest BCUT2D eigenvalue weighted by Gasteiger charge is -2.16. The summed E-state index contributed by atoms with van der Waals surface area (Å²) in [6.07, 6.45) is 2.27. The first-order chi connectivity index (χ1) is 11.1. The molecule has 3 rings (SSSR count). The van der Waals surface area contributed by atoms with Crippen molar-refractivity contribution in [1.82, 2.24) is 14.5 Å². The number of benzene rings is 1. The predicted molar refractivity (Wildman–Crippen MR) is 89.9 cm³/mol. The zero-order valence-electron chi connectivity index (χ0n) is 13.5. The van der Waals surface area contributed by atoms with Crippen LogP contribution >= 0.6 is 0 Å². The highest BCUT2D eigenvalue weighted by Crippen LogP contribution is 2.21. The smallest absolute Gasteiger partial charge is 0.265 e. The first kappa shape index (κ1) is 15.2. The Labute approximate surface area is 134 Å². The molecule has 5 nitrogen and oxygen atoms in total. The number of methoxy groups -OCH3 is 1. The van der Waals surface area contributed by atoms with E-state index in [0.29, 0.717) is 23.1 Å². The van der Waals surface area contributed by atoms with Gasteiger partial charge in [-0.1, -0.05) is 12.1 Å². The zero-order chi connectivity index (χ0) is 16.4. The zero-order valence-corrected chi connectivity index (χ0v) is 13.5. The Kier molecular flexibility index (Phi) is 4.10. The summed E-state index contributed by atoms with van der Waals surface area (Å²) in [7, 11) is 1.56. The minimum atomic E-state index is -0.0902. The topological polar surface area (TPSA) is 57.0 Å². The van der Waals surface area contributed by atoms with Crippen molar-refractivity contribution < 1.29 is 4.74 Å². The van der Waals surface area contributed by atoms with Gasteiger partial charge in [-0.2, -0.15) is 0 Å². The Morgan fingerprint density at radius 3 is 2.74 bits per heavy atom. The monoisotopic (exact) mass is 309 g/mol. The number of rotatable bonds is 4. The van der Waals surface area contributed by atoms with E-state index in [9.17, 15) is 4.79 Å². The van der Waals surface area contributed by atoms with Crippen LogP contribution < -0.4 is 10.3 Å². The van der Waals surface area contributed by atoms with Gasteiger partial charge in [0.25, 0.3) is 5.56 Å². The van der Waals surface area contributed by atoms with Crippen LogP contribution in [0.4, 0.5) is 0 Å². The quantitative estimate of drug-likeness (QED) is 0.743. The molecule has 0 N–H and O–H groups in total. The van der Waals surface area contributed by atoms with Crippen molar-refractivity contribution in [3.63, 3.8) is 0 Å². The molecule has 0 amide bonds. The van der Waals surface area contributed by atoms with Crippen LogP contribution in [0.25, 0.3) is 10.9 Å². The standard InChI is InChI=1S/C18H19N3O2/c1-12-6-4-7-14(20-12)10-13(2)21-11-19-15-8-5-9-16(23-3)17(15)18(21)22/h4-9,11,13H,10H2,1-3H3/t13-/m1/s1. The van der Waals surface area contributed by atoms with Crippen LogP contribution in [0.1, 0.15) is 24.4 Å². The lowest BCUT2D eigenvalue weighted by molar-refractivity contribution is 0.418. The largest absolute Gasteiger partial charge is 0.496 e. The molecule has 0 saturated carbocycles. The van der Waals surface area contributed by atoms with Crippen molar-refractivity contribution in [2.75, 3.05) is 7.11 Å². The second-order valence-corrected chi connectivity index (χ2v) is 5.63. The number of pyridine rings is 1. The van der Waals surface area contributed by atoms with Crippen molar-refractivity contribution in [1.29, 1.82) is 0 Å². The second-order valence-electron chi connectivity index (χ2n) is 5.63. The van der Waals surface area contributed by atoms with Crippen molar-refractivity contribution in [3.05, 3.63) is 64.5 Å². The lowest BCUT2D eigenvalue weighted by atomic mass is 10.1. The Balaban J connectivity index is 2.02. The number of fused-ring (bicyclic) bond motifs is 1. The van der Waals surface area contributed by atoms with E-state index in [4.69, 9.17) is 4.74 Å². The van der Waals surface area contributed by atoms with Crippen molar-refractivity contribution in [2.24, 2.45) is 0 Å². The second kappa shape index (κ2) is 6.20. The van der Waals surface area contributed by atoms with Gasteiger partial charge in [0, 0.05) is 23.9 Å². The summed E-state index contributed by atoms with van der Waals surface area (Å²) in [4.78, 5) is 21.7. The molecular formula is C18H19N3O2. The van der Waals surface area contributed by atoms with E-state index in [1.807, 2.05) is 44.2 Å². The molecular weight excluding hydrogens is 290 g/mol. The van der Waals surface area contributed by atoms with Gasteiger partial charge in [-0.05, 0) is 38.1 Å². The molecule has 0 spiro atoms. The number of hydrogen-bond acceptors (Lipinski definition) is 4. The maximum atomic E-state index is 12.8. The third-order valence-electron chi connectivity index (χ3n) is 3.92. The van der Waals surface area contributed by atoms with Gasteiger partial charge in [0.15, 0.2) is 0 Å². The van der Waals surface area contributed by atoms with Crippen molar-refractivity contribution in [2.45, 2.75) is 26.3 Å². The Hall–Kier alpha value is -2.69. The average Bonchev–Trinajstić information content (AvgIpc) is 2.54. The van der Waals surface area contributed by atoms with Crippen LogP contribution in [0.3, 0.4) is 0 Å². The van der Waals surface area contributed by atoms with Crippen LogP contribution in [0.5, 0.6) is 5.75 Å². The fourth-order valence-electron chi connectivity index (χ4n) is 2.75. The summed E-state index contributed by atoms with van der Waals surface area (Å²) in [6, 6.07) is 11.3. The van der Waals surface area contributed by atoms with Gasteiger partial charge in [0.2, 0.25) is 0 Å². The van der Waals surface area contributed by atoms with Gasteiger partial charge >= 0.3 is 0 Å². The molecule has 5 heteroatoms. The van der Waals surface area contributed by atoms with Gasteiger partial charge in [-0.25, -0.2) is 4.98 Å². The molecule has 118 valence electrons. The number of nitrogens with zero attached hydrogens (tertiary/aromatic N) is 3. The maximum absolute atomic E-state index is 12.8. The summed E-state index contributed by atoms with van der Waals surface area (Å²) < 4.78 is 6.96. The maximum Gasteiger partial charge on any atom is 0.265 e. The fourth-order valence-corrected chi connectivity index (χ4v) is 2.75. The number of aryl methyl sites for hydroxylation is 1. The number of hydrogen-bond donors (Lipinski definition) is 0. The molecule has 0 saturated heterocycles. The van der Waals surface area contributed by atoms with E-state index in [2.05, 4.69) is 9.97 Å². The summed E-state index contributed by atoms with van der Waals surface area (Å²) in [6.45, 7) is 3.96. The highest BCUT2D eigenvalue weighted by atomic mass is 16.5. The Morgan fingerprint density at radius 1 is 1.22 bits per heavy atom. The normalized spacial score (nSPS) is 12.3. The van der Waals surface area contributed by atoms with Crippen LogP contribution in [0.2, 0.25) is 0 Å². The van der Waals surface area contributed by atoms with Gasteiger partial charge in [0.05, 0.1) is 19.0 Å². The van der Waals surface area contributed by atoms with E-state index in [0.717, 1.165) is 11.4 Å². The molecule has 2 aromatic heterocycles. The van der Waals surface area contributed by atoms with E-state index in [-0.39, 0.29) is 11.6 Å². The molecule has 0 aliphatic heterocycles. The minimum Gasteiger partial charge on any atom is -0.496 e. The fraction of sp³-hybridized carbons (Fsp3) is 0.278. The van der Waals surface area contributed by atoms with E-state index < -0.39 is 0 Å². The highest BCUT2D eigenvalue weighted by Gasteiger charge is 2.14. The predicted octanol–water partition coefficient (Wildman–Crippen LogP) is 2.91. The van der Waals surface area contributed by atoms with Crippen molar-refractivity contribution in [3.8, 4) is 5.75 Å². The van der Waals surface area contributed by atoms with Crippen LogP contribution in [0, 0.1) is 6.92 Å². The third-order valence-corrected chi connectivity index (χ3v) is 3.92. The van der Waals surface area contributed by atoms with E-state index >= 15 is 0 Å². The lowest BCUT2D eigenvalue weighted by Crippen LogP contribution is -2.25. The molecule has 0 bridgehead atoms. The molecule has 23 heavy (non-hydrogen) atoms. The molecule has 1 atom stereocenters. The van der Waals surface area contributed by atoms with E-state index in [1.165, 1.54) is 0 Å². The summed E-state index contributed by atoms with van der Waals surface area (Å²) in [5.41, 5.74) is 2.49. The number of aromatic nitrogens is 3. The average molecular weight is 309 g/mol. The molecule has 0 radical (unpaired) electrons. The van der Waals surface area contributed by atoms with Gasteiger partial charge in [0.1, 0.15) is 11.1 Å². The van der Waals surface area contributed by atoms with Crippen LogP contribution in [-0.4, -0.2) is 21.6 Å². The molecule has 2 heterocycles. The van der Waals surface area contributed by atoms with E-state index in [1.54, 1.807) is 24.1 Å². The molecule has 1 aromatic carbocycles. The van der Waals surface area contributed by atoms with Crippen LogP contribution in [0.15, 0.2) is 47.5 Å². The minimum absolute atomic E-state index is 0.0430. The SMILES string of the molecule is COc1cccc2ncn([C@H](C)Cc3cccc(C)n3)c(=O)c12. The van der Waals surface area contributed by atoms with Gasteiger partial charge < -0.3 is 4.74 Å². The molecule has 3 aromatic rings. The Bertz CT molecular complexity index is 902. The first-order valence-corrected chi connectivity index (χ1v) is 7.56. The molecule has 0 aliphatic carbocycles. The van der Waals surface area contributed by atoms with Gasteiger partial charge in [-0.3, -0.25) is 14.3 Å². The Morgan fingerprint density at radius 2 is 2.00 bits per heavy atom. The summed E-state index contributed by atoms with van der Waals surface area (Å²) in [5.74, 6) is 0.551. The molecule has 0 aliphatic rings. The molecule has 0 unspecified atom stereocenters. The summed E-state index contributed by atoms with van der Waals surface area (Å²) in [5, 5.41) is 0.515. The summed E-state index contributed by atoms with van der Waals surface area (Å²) >= 11 is 0. The first-order valence-electron chi connectivity index (χ1n) is 7.56. The van der Waals surface area contributed by atoms with Crippen LogP contribution in [-0.2, 0) is 6.42 Å². The van der Waals surface area contributed by atoms with Crippen molar-refractivity contribution >= 4 is 10.9 Å². The number of ether oxygens (including phenoxy) is 1. The highest BCUT2D eigenvalue weighted by molar-refractivity contribution is 5.83.